The van der Waals surface area contributed by atoms with Gasteiger partial charge in [-0.15, -0.1) is 0 Å². The molecular weight excluding hydrogens is 610 g/mol. The Morgan fingerprint density at radius 2 is 1.40 bits per heavy atom. The van der Waals surface area contributed by atoms with Gasteiger partial charge in [-0.3, -0.25) is 13.9 Å². The number of anilines is 1. The molecule has 0 heterocycles. The molecule has 8 nitrogen and oxygen atoms in total. The van der Waals surface area contributed by atoms with Crippen LogP contribution in [0, 0.1) is 5.92 Å². The maximum absolute atomic E-state index is 14.2. The molecule has 4 rings (SSSR count). The summed E-state index contributed by atoms with van der Waals surface area (Å²) in [6.07, 6.45) is 1.27. The molecule has 1 N–H and O–H groups in total. The van der Waals surface area contributed by atoms with E-state index < -0.39 is 28.5 Å². The van der Waals surface area contributed by atoms with Gasteiger partial charge in [-0.1, -0.05) is 92.2 Å². The predicted molar refractivity (Wildman–Crippen MR) is 179 cm³/mol. The lowest BCUT2D eigenvalue weighted by atomic mass is 10.0. The van der Waals surface area contributed by atoms with E-state index in [1.807, 2.05) is 74.5 Å². The number of benzene rings is 4. The third kappa shape index (κ3) is 9.83. The number of amides is 2. The van der Waals surface area contributed by atoms with E-state index in [0.717, 1.165) is 16.1 Å². The van der Waals surface area contributed by atoms with Crippen molar-refractivity contribution in [2.24, 2.45) is 5.92 Å². The van der Waals surface area contributed by atoms with Crippen molar-refractivity contribution >= 4 is 39.1 Å². The molecule has 4 aromatic rings. The second-order valence-electron chi connectivity index (χ2n) is 11.1. The van der Waals surface area contributed by atoms with Crippen LogP contribution in [0.25, 0.3) is 0 Å². The van der Waals surface area contributed by atoms with E-state index in [2.05, 4.69) is 5.32 Å². The van der Waals surface area contributed by atoms with E-state index in [-0.39, 0.29) is 30.5 Å². The normalized spacial score (nSPS) is 11.9. The van der Waals surface area contributed by atoms with Gasteiger partial charge >= 0.3 is 0 Å². The van der Waals surface area contributed by atoms with Gasteiger partial charge in [0.1, 0.15) is 24.1 Å². The standard InChI is InChI=1S/C35H38ClN3O5S/c1-26(2)23-37-35(41)33(22-27-12-6-4-7-13-27)38(24-28-14-10-11-17-32(28)36)34(40)25-39(45(3,42)43)29-18-20-31(21-19-29)44-30-15-8-5-9-16-30/h4-21,26,33H,22-25H2,1-3H3,(H,37,41). The molecule has 0 aliphatic rings. The first-order chi connectivity index (χ1) is 21.5. The Kier molecular flexibility index (Phi) is 11.6. The maximum atomic E-state index is 14.2. The number of ether oxygens (including phenoxy) is 1. The molecule has 4 aromatic carbocycles. The molecule has 0 fully saturated rings. The fourth-order valence-electron chi connectivity index (χ4n) is 4.71. The molecule has 2 amide bonds. The van der Waals surface area contributed by atoms with Crippen molar-refractivity contribution < 1.29 is 22.7 Å². The highest BCUT2D eigenvalue weighted by Gasteiger charge is 2.33. The molecule has 10 heteroatoms. The number of rotatable bonds is 14. The van der Waals surface area contributed by atoms with E-state index in [1.54, 1.807) is 48.5 Å². The van der Waals surface area contributed by atoms with Crippen LogP contribution in [0.3, 0.4) is 0 Å². The largest absolute Gasteiger partial charge is 0.457 e. The Balaban J connectivity index is 1.68. The Labute approximate surface area is 270 Å². The van der Waals surface area contributed by atoms with E-state index in [4.69, 9.17) is 16.3 Å². The average molecular weight is 648 g/mol. The lowest BCUT2D eigenvalue weighted by Gasteiger charge is -2.34. The van der Waals surface area contributed by atoms with Crippen molar-refractivity contribution in [1.29, 1.82) is 0 Å². The SMILES string of the molecule is CC(C)CNC(=O)C(Cc1ccccc1)N(Cc1ccccc1Cl)C(=O)CN(c1ccc(Oc2ccccc2)cc1)S(C)(=O)=O. The number of para-hydroxylation sites is 1. The maximum Gasteiger partial charge on any atom is 0.244 e. The first kappa shape index (κ1) is 33.6. The zero-order valence-corrected chi connectivity index (χ0v) is 27.2. The minimum Gasteiger partial charge on any atom is -0.457 e. The number of carbonyl (C=O) groups excluding carboxylic acids is 2. The Morgan fingerprint density at radius 3 is 2.00 bits per heavy atom. The summed E-state index contributed by atoms with van der Waals surface area (Å²) in [5.41, 5.74) is 1.77. The van der Waals surface area contributed by atoms with Crippen molar-refractivity contribution in [3.63, 3.8) is 0 Å². The van der Waals surface area contributed by atoms with Gasteiger partial charge < -0.3 is 15.0 Å². The van der Waals surface area contributed by atoms with E-state index in [9.17, 15) is 18.0 Å². The molecule has 0 bridgehead atoms. The highest BCUT2D eigenvalue weighted by molar-refractivity contribution is 7.92. The number of halogens is 1. The summed E-state index contributed by atoms with van der Waals surface area (Å²) in [4.78, 5) is 29.4. The van der Waals surface area contributed by atoms with Crippen LogP contribution < -0.4 is 14.4 Å². The molecule has 0 spiro atoms. The first-order valence-electron chi connectivity index (χ1n) is 14.7. The third-order valence-electron chi connectivity index (χ3n) is 7.04. The average Bonchev–Trinajstić information content (AvgIpc) is 3.02. The van der Waals surface area contributed by atoms with Crippen molar-refractivity contribution in [2.75, 3.05) is 23.7 Å². The topological polar surface area (TPSA) is 96.0 Å². The van der Waals surface area contributed by atoms with Crippen LogP contribution in [0.15, 0.2) is 109 Å². The van der Waals surface area contributed by atoms with Crippen LogP contribution in [0.1, 0.15) is 25.0 Å². The summed E-state index contributed by atoms with van der Waals surface area (Å²) in [5.74, 6) is 0.450. The monoisotopic (exact) mass is 647 g/mol. The molecule has 0 radical (unpaired) electrons. The molecule has 0 saturated heterocycles. The van der Waals surface area contributed by atoms with Gasteiger partial charge in [0, 0.05) is 24.5 Å². The molecule has 0 saturated carbocycles. The van der Waals surface area contributed by atoms with Gasteiger partial charge in [0.25, 0.3) is 0 Å². The quantitative estimate of drug-likeness (QED) is 0.173. The Hall–Kier alpha value is -4.34. The molecule has 0 aromatic heterocycles. The molecule has 45 heavy (non-hydrogen) atoms. The lowest BCUT2D eigenvalue weighted by Crippen LogP contribution is -2.53. The van der Waals surface area contributed by atoms with Crippen LogP contribution in [0.2, 0.25) is 5.02 Å². The summed E-state index contributed by atoms with van der Waals surface area (Å²) in [6.45, 7) is 3.88. The fourth-order valence-corrected chi connectivity index (χ4v) is 5.75. The second kappa shape index (κ2) is 15.6. The highest BCUT2D eigenvalue weighted by Crippen LogP contribution is 2.27. The molecular formula is C35H38ClN3O5S. The smallest absolute Gasteiger partial charge is 0.244 e. The van der Waals surface area contributed by atoms with Crippen molar-refractivity contribution in [2.45, 2.75) is 32.9 Å². The minimum atomic E-state index is -3.91. The summed E-state index contributed by atoms with van der Waals surface area (Å²) in [6, 6.07) is 31.2. The van der Waals surface area contributed by atoms with E-state index in [1.165, 1.54) is 4.90 Å². The van der Waals surface area contributed by atoms with Gasteiger partial charge in [0.15, 0.2) is 0 Å². The number of nitrogens with zero attached hydrogens (tertiary/aromatic N) is 2. The van der Waals surface area contributed by atoms with E-state index >= 15 is 0 Å². The van der Waals surface area contributed by atoms with Crippen LogP contribution in [-0.4, -0.2) is 50.5 Å². The first-order valence-corrected chi connectivity index (χ1v) is 16.9. The lowest BCUT2D eigenvalue weighted by molar-refractivity contribution is -0.140. The molecule has 0 aliphatic carbocycles. The van der Waals surface area contributed by atoms with Gasteiger partial charge in [-0.25, -0.2) is 8.42 Å². The van der Waals surface area contributed by atoms with Crippen LogP contribution >= 0.6 is 11.6 Å². The molecule has 1 atom stereocenters. The second-order valence-corrected chi connectivity index (χ2v) is 13.5. The van der Waals surface area contributed by atoms with Crippen LogP contribution in [0.4, 0.5) is 5.69 Å². The number of hydrogen-bond donors (Lipinski definition) is 1. The fraction of sp³-hybridized carbons (Fsp3) is 0.257. The summed E-state index contributed by atoms with van der Waals surface area (Å²) in [5, 5.41) is 3.40. The number of carbonyl (C=O) groups is 2. The Morgan fingerprint density at radius 1 is 0.822 bits per heavy atom. The summed E-state index contributed by atoms with van der Waals surface area (Å²) in [7, 11) is -3.91. The predicted octanol–water partition coefficient (Wildman–Crippen LogP) is 6.31. The zero-order valence-electron chi connectivity index (χ0n) is 25.6. The van der Waals surface area contributed by atoms with Gasteiger partial charge in [0.05, 0.1) is 11.9 Å². The van der Waals surface area contributed by atoms with Crippen LogP contribution in [0.5, 0.6) is 11.5 Å². The van der Waals surface area contributed by atoms with Gasteiger partial charge in [0.2, 0.25) is 21.8 Å². The van der Waals surface area contributed by atoms with Gasteiger partial charge in [-0.05, 0) is 59.5 Å². The van der Waals surface area contributed by atoms with Gasteiger partial charge in [-0.2, -0.15) is 0 Å². The van der Waals surface area contributed by atoms with Crippen molar-refractivity contribution in [3.05, 3.63) is 125 Å². The van der Waals surface area contributed by atoms with Crippen LogP contribution in [-0.2, 0) is 32.6 Å². The molecule has 236 valence electrons. The molecule has 1 unspecified atom stereocenters. The Bertz CT molecular complexity index is 1670. The zero-order chi connectivity index (χ0) is 32.4. The highest BCUT2D eigenvalue weighted by atomic mass is 35.5. The third-order valence-corrected chi connectivity index (χ3v) is 8.55. The number of nitrogens with one attached hydrogen (secondary N) is 1. The summed E-state index contributed by atoms with van der Waals surface area (Å²) >= 11 is 6.51. The summed E-state index contributed by atoms with van der Waals surface area (Å²) < 4.78 is 33.0. The van der Waals surface area contributed by atoms with Crippen molar-refractivity contribution in [1.82, 2.24) is 10.2 Å². The number of hydrogen-bond acceptors (Lipinski definition) is 5. The number of sulfonamides is 1. The van der Waals surface area contributed by atoms with Crippen molar-refractivity contribution in [3.8, 4) is 11.5 Å². The molecule has 0 aliphatic heterocycles. The van der Waals surface area contributed by atoms with E-state index in [0.29, 0.717) is 28.6 Å². The minimum absolute atomic E-state index is 0.00651.